The van der Waals surface area contributed by atoms with Crippen LogP contribution in [0.3, 0.4) is 0 Å². The van der Waals surface area contributed by atoms with Gasteiger partial charge in [-0.2, -0.15) is 0 Å². The van der Waals surface area contributed by atoms with Crippen LogP contribution in [0.5, 0.6) is 0 Å². The Kier molecular flexibility index (Phi) is 3.63. The van der Waals surface area contributed by atoms with Gasteiger partial charge >= 0.3 is 12.0 Å². The second-order valence-corrected chi connectivity index (χ2v) is 5.09. The molecule has 2 amide bonds. The maximum atomic E-state index is 13.2. The lowest BCUT2D eigenvalue weighted by Crippen LogP contribution is -2.37. The van der Waals surface area contributed by atoms with Crippen LogP contribution < -0.4 is 5.32 Å². The van der Waals surface area contributed by atoms with Gasteiger partial charge in [0.15, 0.2) is 0 Å². The van der Waals surface area contributed by atoms with Gasteiger partial charge in [-0.1, -0.05) is 0 Å². The van der Waals surface area contributed by atoms with Crippen LogP contribution in [0.1, 0.15) is 23.7 Å². The Bertz CT molecular complexity index is 559. The number of halogens is 1. The Balaban J connectivity index is 2.16. The summed E-state index contributed by atoms with van der Waals surface area (Å²) in [5.41, 5.74) is -1.24. The van der Waals surface area contributed by atoms with Gasteiger partial charge < -0.3 is 20.4 Å². The van der Waals surface area contributed by atoms with Crippen molar-refractivity contribution in [3.05, 3.63) is 29.6 Å². The number of carbonyl (C=O) groups is 2. The SMILES string of the molecule is CC1(O)CCN(C(=O)Nc2cc(F)ccc2C(=O)O)C1. The van der Waals surface area contributed by atoms with Crippen LogP contribution in [0, 0.1) is 5.82 Å². The number of carbonyl (C=O) groups excluding carboxylic acids is 1. The number of rotatable bonds is 2. The van der Waals surface area contributed by atoms with Crippen molar-refractivity contribution >= 4 is 17.7 Å². The molecular weight excluding hydrogens is 267 g/mol. The van der Waals surface area contributed by atoms with Crippen LogP contribution in [-0.4, -0.2) is 45.8 Å². The first kappa shape index (κ1) is 14.3. The Morgan fingerprint density at radius 3 is 2.70 bits per heavy atom. The third kappa shape index (κ3) is 3.05. The number of nitrogens with one attached hydrogen (secondary N) is 1. The molecule has 20 heavy (non-hydrogen) atoms. The van der Waals surface area contributed by atoms with Crippen molar-refractivity contribution in [3.63, 3.8) is 0 Å². The van der Waals surface area contributed by atoms with Gasteiger partial charge in [0.2, 0.25) is 0 Å². The van der Waals surface area contributed by atoms with Crippen LogP contribution in [-0.2, 0) is 0 Å². The number of nitrogens with zero attached hydrogens (tertiary/aromatic N) is 1. The Morgan fingerprint density at radius 2 is 2.15 bits per heavy atom. The minimum atomic E-state index is -1.26. The van der Waals surface area contributed by atoms with Crippen LogP contribution in [0.2, 0.25) is 0 Å². The Labute approximate surface area is 114 Å². The molecule has 1 heterocycles. The van der Waals surface area contributed by atoms with E-state index in [1.165, 1.54) is 4.90 Å². The maximum Gasteiger partial charge on any atom is 0.337 e. The van der Waals surface area contributed by atoms with Crippen LogP contribution in [0.15, 0.2) is 18.2 Å². The third-order valence-corrected chi connectivity index (χ3v) is 3.19. The lowest BCUT2D eigenvalue weighted by atomic mass is 10.1. The summed E-state index contributed by atoms with van der Waals surface area (Å²) in [5.74, 6) is -1.90. The summed E-state index contributed by atoms with van der Waals surface area (Å²) in [6.07, 6.45) is 0.440. The predicted octanol–water partition coefficient (Wildman–Crippen LogP) is 1.51. The molecule has 0 aliphatic carbocycles. The first-order chi connectivity index (χ1) is 9.28. The van der Waals surface area contributed by atoms with E-state index in [1.807, 2.05) is 0 Å². The first-order valence-electron chi connectivity index (χ1n) is 6.10. The smallest absolute Gasteiger partial charge is 0.337 e. The second kappa shape index (κ2) is 5.09. The van der Waals surface area contributed by atoms with E-state index in [0.717, 1.165) is 18.2 Å². The molecule has 0 radical (unpaired) electrons. The van der Waals surface area contributed by atoms with E-state index in [9.17, 15) is 19.1 Å². The van der Waals surface area contributed by atoms with Crippen molar-refractivity contribution in [3.8, 4) is 0 Å². The van der Waals surface area contributed by atoms with E-state index < -0.39 is 23.4 Å². The van der Waals surface area contributed by atoms with Crippen molar-refractivity contribution in [2.45, 2.75) is 18.9 Å². The number of aliphatic hydroxyl groups is 1. The fourth-order valence-electron chi connectivity index (χ4n) is 2.12. The van der Waals surface area contributed by atoms with Gasteiger partial charge in [-0.15, -0.1) is 0 Å². The zero-order chi connectivity index (χ0) is 14.9. The Morgan fingerprint density at radius 1 is 1.45 bits per heavy atom. The molecule has 2 rings (SSSR count). The number of likely N-dealkylation sites (tertiary alicyclic amines) is 1. The molecular formula is C13H15FN2O4. The van der Waals surface area contributed by atoms with Crippen molar-refractivity contribution in [1.29, 1.82) is 0 Å². The number of hydrogen-bond donors (Lipinski definition) is 3. The van der Waals surface area contributed by atoms with Crippen molar-refractivity contribution in [1.82, 2.24) is 4.90 Å². The highest BCUT2D eigenvalue weighted by Crippen LogP contribution is 2.22. The number of hydrogen-bond acceptors (Lipinski definition) is 3. The summed E-state index contributed by atoms with van der Waals surface area (Å²) in [5, 5.41) is 21.1. The highest BCUT2D eigenvalue weighted by atomic mass is 19.1. The lowest BCUT2D eigenvalue weighted by molar-refractivity contribution is 0.0695. The quantitative estimate of drug-likeness (QED) is 0.767. The van der Waals surface area contributed by atoms with Crippen molar-refractivity contribution in [2.24, 2.45) is 0 Å². The summed E-state index contributed by atoms with van der Waals surface area (Å²) in [6.45, 7) is 2.12. The number of carboxylic acid groups (broad SMARTS) is 1. The van der Waals surface area contributed by atoms with Crippen molar-refractivity contribution in [2.75, 3.05) is 18.4 Å². The van der Waals surface area contributed by atoms with Gasteiger partial charge in [-0.25, -0.2) is 14.0 Å². The number of benzene rings is 1. The molecule has 6 nitrogen and oxygen atoms in total. The zero-order valence-electron chi connectivity index (χ0n) is 10.9. The molecule has 1 aliphatic rings. The zero-order valence-corrected chi connectivity index (χ0v) is 10.9. The number of urea groups is 1. The van der Waals surface area contributed by atoms with Crippen LogP contribution >= 0.6 is 0 Å². The highest BCUT2D eigenvalue weighted by molar-refractivity contribution is 6.00. The molecule has 1 aromatic rings. The number of aromatic carboxylic acids is 1. The van der Waals surface area contributed by atoms with E-state index in [4.69, 9.17) is 5.11 Å². The van der Waals surface area contributed by atoms with Gasteiger partial charge in [0.25, 0.3) is 0 Å². The molecule has 0 bridgehead atoms. The third-order valence-electron chi connectivity index (χ3n) is 3.19. The number of amides is 2. The number of β-amino-alcohol motifs (C(OH)–C–C–N with tert-alkyl or cyclic N) is 1. The predicted molar refractivity (Wildman–Crippen MR) is 69.2 cm³/mol. The highest BCUT2D eigenvalue weighted by Gasteiger charge is 2.34. The minimum absolute atomic E-state index is 0.103. The number of anilines is 1. The molecule has 1 fully saturated rings. The van der Waals surface area contributed by atoms with E-state index in [0.29, 0.717) is 13.0 Å². The summed E-state index contributed by atoms with van der Waals surface area (Å²) in [7, 11) is 0. The van der Waals surface area contributed by atoms with Gasteiger partial charge in [0.1, 0.15) is 5.82 Å². The minimum Gasteiger partial charge on any atom is -0.478 e. The molecule has 1 saturated heterocycles. The van der Waals surface area contributed by atoms with E-state index in [-0.39, 0.29) is 17.8 Å². The fourth-order valence-corrected chi connectivity index (χ4v) is 2.12. The normalized spacial score (nSPS) is 21.9. The molecule has 3 N–H and O–H groups in total. The average molecular weight is 282 g/mol. The fraction of sp³-hybridized carbons (Fsp3) is 0.385. The molecule has 0 aromatic heterocycles. The topological polar surface area (TPSA) is 89.9 Å². The summed E-state index contributed by atoms with van der Waals surface area (Å²) in [4.78, 5) is 24.3. The van der Waals surface area contributed by atoms with Crippen LogP contribution in [0.25, 0.3) is 0 Å². The van der Waals surface area contributed by atoms with Gasteiger partial charge in [-0.05, 0) is 31.5 Å². The summed E-state index contributed by atoms with van der Waals surface area (Å²) < 4.78 is 13.2. The second-order valence-electron chi connectivity index (χ2n) is 5.09. The van der Waals surface area contributed by atoms with E-state index in [2.05, 4.69) is 5.32 Å². The largest absolute Gasteiger partial charge is 0.478 e. The van der Waals surface area contributed by atoms with Crippen molar-refractivity contribution < 1.29 is 24.2 Å². The summed E-state index contributed by atoms with van der Waals surface area (Å²) >= 11 is 0. The first-order valence-corrected chi connectivity index (χ1v) is 6.10. The molecule has 1 atom stereocenters. The van der Waals surface area contributed by atoms with E-state index >= 15 is 0 Å². The molecule has 1 unspecified atom stereocenters. The lowest BCUT2D eigenvalue weighted by Gasteiger charge is -2.20. The van der Waals surface area contributed by atoms with Gasteiger partial charge in [0, 0.05) is 6.54 Å². The van der Waals surface area contributed by atoms with Gasteiger partial charge in [0.05, 0.1) is 23.4 Å². The molecule has 0 spiro atoms. The van der Waals surface area contributed by atoms with Gasteiger partial charge in [-0.3, -0.25) is 0 Å². The standard InChI is InChI=1S/C13H15FN2O4/c1-13(20)4-5-16(7-13)12(19)15-10-6-8(14)2-3-9(10)11(17)18/h2-3,6,20H,4-5,7H2,1H3,(H,15,19)(H,17,18). The average Bonchev–Trinajstić information content (AvgIpc) is 2.69. The molecule has 7 heteroatoms. The number of carboxylic acids is 1. The van der Waals surface area contributed by atoms with E-state index in [1.54, 1.807) is 6.92 Å². The summed E-state index contributed by atoms with van der Waals surface area (Å²) in [6, 6.07) is 2.50. The van der Waals surface area contributed by atoms with Crippen LogP contribution in [0.4, 0.5) is 14.9 Å². The molecule has 1 aliphatic heterocycles. The monoisotopic (exact) mass is 282 g/mol. The molecule has 0 saturated carbocycles. The molecule has 108 valence electrons. The maximum absolute atomic E-state index is 13.2. The molecule has 1 aromatic carbocycles. The Hall–Kier alpha value is -2.15.